The molecule has 0 aliphatic heterocycles. The van der Waals surface area contributed by atoms with Gasteiger partial charge in [-0.25, -0.2) is 4.98 Å². The summed E-state index contributed by atoms with van der Waals surface area (Å²) >= 11 is 1.60. The summed E-state index contributed by atoms with van der Waals surface area (Å²) < 4.78 is 16.2. The van der Waals surface area contributed by atoms with Crippen molar-refractivity contribution in [1.82, 2.24) is 10.3 Å². The molecule has 154 valence electrons. The van der Waals surface area contributed by atoms with Gasteiger partial charge in [0.2, 0.25) is 0 Å². The fourth-order valence-electron chi connectivity index (χ4n) is 2.85. The number of nitrogens with zero attached hydrogens (tertiary/aromatic N) is 1. The molecule has 0 spiro atoms. The molecule has 1 aromatic heterocycles. The molecule has 1 heterocycles. The van der Waals surface area contributed by atoms with Crippen molar-refractivity contribution < 1.29 is 19.3 Å². The molecule has 1 atom stereocenters. The van der Waals surface area contributed by atoms with Crippen LogP contribution in [0.25, 0.3) is 10.6 Å². The molecule has 0 aliphatic rings. The normalized spacial score (nSPS) is 11.8. The monoisotopic (exact) mass is 414 g/mol. The Balaban J connectivity index is 1.36. The Morgan fingerprint density at radius 3 is 2.55 bits per heavy atom. The smallest absolute Gasteiger partial charge is 0.160 e. The van der Waals surface area contributed by atoms with Crippen molar-refractivity contribution in [1.29, 1.82) is 0 Å². The van der Waals surface area contributed by atoms with Gasteiger partial charge in [-0.3, -0.25) is 0 Å². The van der Waals surface area contributed by atoms with Crippen LogP contribution in [0.4, 0.5) is 0 Å². The van der Waals surface area contributed by atoms with Gasteiger partial charge in [0.1, 0.15) is 23.5 Å². The van der Waals surface area contributed by atoms with Gasteiger partial charge in [0.05, 0.1) is 14.2 Å². The van der Waals surface area contributed by atoms with E-state index in [1.807, 2.05) is 47.8 Å². The number of rotatable bonds is 11. The van der Waals surface area contributed by atoms with E-state index in [9.17, 15) is 5.11 Å². The van der Waals surface area contributed by atoms with Crippen molar-refractivity contribution in [3.8, 4) is 27.8 Å². The molecule has 0 aliphatic carbocycles. The molecule has 2 N–H and O–H groups in total. The van der Waals surface area contributed by atoms with E-state index in [0.717, 1.165) is 46.3 Å². The van der Waals surface area contributed by atoms with E-state index in [4.69, 9.17) is 14.2 Å². The van der Waals surface area contributed by atoms with Crippen LogP contribution in [0.3, 0.4) is 0 Å². The number of aliphatic hydroxyl groups is 1. The summed E-state index contributed by atoms with van der Waals surface area (Å²) in [5.74, 6) is 2.17. The quantitative estimate of drug-likeness (QED) is 0.469. The lowest BCUT2D eigenvalue weighted by molar-refractivity contribution is 0.106. The van der Waals surface area contributed by atoms with Crippen LogP contribution in [0.15, 0.2) is 54.0 Å². The molecule has 0 fully saturated rings. The molecule has 0 saturated heterocycles. The predicted molar refractivity (Wildman–Crippen MR) is 115 cm³/mol. The van der Waals surface area contributed by atoms with Gasteiger partial charge >= 0.3 is 0 Å². The lowest BCUT2D eigenvalue weighted by Gasteiger charge is -2.14. The second kappa shape index (κ2) is 10.8. The summed E-state index contributed by atoms with van der Waals surface area (Å²) in [7, 11) is 3.25. The Morgan fingerprint density at radius 1 is 1.07 bits per heavy atom. The van der Waals surface area contributed by atoms with Crippen molar-refractivity contribution in [2.45, 2.75) is 12.5 Å². The number of nitrogens with one attached hydrogen (secondary N) is 1. The topological polar surface area (TPSA) is 72.8 Å². The van der Waals surface area contributed by atoms with Crippen LogP contribution in [0.5, 0.6) is 17.2 Å². The van der Waals surface area contributed by atoms with Crippen LogP contribution >= 0.6 is 11.3 Å². The summed E-state index contributed by atoms with van der Waals surface area (Å²) in [4.78, 5) is 4.29. The highest BCUT2D eigenvalue weighted by Crippen LogP contribution is 2.27. The minimum Gasteiger partial charge on any atom is -0.493 e. The summed E-state index contributed by atoms with van der Waals surface area (Å²) in [6, 6.07) is 13.6. The largest absolute Gasteiger partial charge is 0.493 e. The molecule has 0 bridgehead atoms. The number of ether oxygens (including phenoxy) is 3. The molecular formula is C22H26N2O4S. The van der Waals surface area contributed by atoms with E-state index in [-0.39, 0.29) is 6.61 Å². The zero-order chi connectivity index (χ0) is 20.5. The number of hydrogen-bond acceptors (Lipinski definition) is 7. The SMILES string of the molecule is COc1ccc(CCNC[C@H](O)COc2ccc(-c3nccs3)cc2)cc1OC. The molecule has 3 rings (SSSR count). The Bertz CT molecular complexity index is 869. The van der Waals surface area contributed by atoms with Crippen LogP contribution in [0, 0.1) is 0 Å². The molecule has 0 amide bonds. The van der Waals surface area contributed by atoms with Crippen LogP contribution in [-0.4, -0.2) is 50.1 Å². The molecule has 0 unspecified atom stereocenters. The van der Waals surface area contributed by atoms with Gasteiger partial charge in [-0.2, -0.15) is 0 Å². The average molecular weight is 415 g/mol. The third-order valence-corrected chi connectivity index (χ3v) is 5.22. The molecule has 6 nitrogen and oxygen atoms in total. The summed E-state index contributed by atoms with van der Waals surface area (Å²) in [6.45, 7) is 1.44. The number of hydrogen-bond donors (Lipinski definition) is 2. The van der Waals surface area contributed by atoms with Gasteiger partial charge in [0.25, 0.3) is 0 Å². The van der Waals surface area contributed by atoms with E-state index >= 15 is 0 Å². The lowest BCUT2D eigenvalue weighted by Crippen LogP contribution is -2.32. The number of benzene rings is 2. The summed E-state index contributed by atoms with van der Waals surface area (Å²) in [5, 5.41) is 16.3. The first-order chi connectivity index (χ1) is 14.2. The molecule has 7 heteroatoms. The first-order valence-electron chi connectivity index (χ1n) is 9.42. The third-order valence-electron chi connectivity index (χ3n) is 4.39. The van der Waals surface area contributed by atoms with Gasteiger partial charge < -0.3 is 24.6 Å². The highest BCUT2D eigenvalue weighted by molar-refractivity contribution is 7.13. The fourth-order valence-corrected chi connectivity index (χ4v) is 3.49. The highest BCUT2D eigenvalue weighted by Gasteiger charge is 2.07. The van der Waals surface area contributed by atoms with Crippen molar-refractivity contribution in [3.63, 3.8) is 0 Å². The van der Waals surface area contributed by atoms with E-state index < -0.39 is 6.10 Å². The van der Waals surface area contributed by atoms with Gasteiger partial charge in [0.15, 0.2) is 11.5 Å². The van der Waals surface area contributed by atoms with E-state index in [1.165, 1.54) is 0 Å². The average Bonchev–Trinajstić information content (AvgIpc) is 3.30. The second-order valence-electron chi connectivity index (χ2n) is 6.47. The first-order valence-corrected chi connectivity index (χ1v) is 10.3. The maximum Gasteiger partial charge on any atom is 0.160 e. The molecule has 29 heavy (non-hydrogen) atoms. The second-order valence-corrected chi connectivity index (χ2v) is 7.36. The number of thiazole rings is 1. The van der Waals surface area contributed by atoms with Crippen molar-refractivity contribution >= 4 is 11.3 Å². The minimum absolute atomic E-state index is 0.236. The maximum absolute atomic E-state index is 10.1. The highest BCUT2D eigenvalue weighted by atomic mass is 32.1. The van der Waals surface area contributed by atoms with Gasteiger partial charge in [-0.1, -0.05) is 6.07 Å². The summed E-state index contributed by atoms with van der Waals surface area (Å²) in [5.41, 5.74) is 2.20. The molecule has 3 aromatic rings. The van der Waals surface area contributed by atoms with E-state index in [0.29, 0.717) is 6.54 Å². The Morgan fingerprint density at radius 2 is 1.86 bits per heavy atom. The van der Waals surface area contributed by atoms with Gasteiger partial charge in [0, 0.05) is 23.7 Å². The molecule has 0 radical (unpaired) electrons. The fraction of sp³-hybridized carbons (Fsp3) is 0.318. The van der Waals surface area contributed by atoms with Crippen LogP contribution in [0.1, 0.15) is 5.56 Å². The Labute approximate surface area is 175 Å². The molecular weight excluding hydrogens is 388 g/mol. The minimum atomic E-state index is -0.584. The Hall–Kier alpha value is -2.61. The van der Waals surface area contributed by atoms with Crippen LogP contribution in [-0.2, 0) is 6.42 Å². The van der Waals surface area contributed by atoms with Gasteiger partial charge in [-0.05, 0) is 54.9 Å². The van der Waals surface area contributed by atoms with Crippen molar-refractivity contribution in [2.75, 3.05) is 33.9 Å². The van der Waals surface area contributed by atoms with Crippen molar-refractivity contribution in [2.24, 2.45) is 0 Å². The number of aliphatic hydroxyl groups excluding tert-OH is 1. The van der Waals surface area contributed by atoms with Gasteiger partial charge in [-0.15, -0.1) is 11.3 Å². The number of aromatic nitrogens is 1. The lowest BCUT2D eigenvalue weighted by atomic mass is 10.1. The van der Waals surface area contributed by atoms with Crippen LogP contribution in [0.2, 0.25) is 0 Å². The zero-order valence-corrected chi connectivity index (χ0v) is 17.4. The number of methoxy groups -OCH3 is 2. The predicted octanol–water partition coefficient (Wildman–Crippen LogP) is 3.40. The standard InChI is InChI=1S/C22H26N2O4S/c1-26-20-8-3-16(13-21(20)27-2)9-10-23-14-18(25)15-28-19-6-4-17(5-7-19)22-24-11-12-29-22/h3-8,11-13,18,23,25H,9-10,14-15H2,1-2H3/t18-/m0/s1. The third kappa shape index (κ3) is 6.19. The van der Waals surface area contributed by atoms with E-state index in [1.54, 1.807) is 31.8 Å². The Kier molecular flexibility index (Phi) is 7.86. The molecule has 2 aromatic carbocycles. The molecule has 0 saturated carbocycles. The van der Waals surface area contributed by atoms with Crippen molar-refractivity contribution in [3.05, 3.63) is 59.6 Å². The maximum atomic E-state index is 10.1. The zero-order valence-electron chi connectivity index (χ0n) is 16.6. The summed E-state index contributed by atoms with van der Waals surface area (Å²) in [6.07, 6.45) is 2.03. The van der Waals surface area contributed by atoms with Crippen LogP contribution < -0.4 is 19.5 Å². The van der Waals surface area contributed by atoms with E-state index in [2.05, 4.69) is 10.3 Å². The first kappa shape index (κ1) is 21.1.